The molecule has 0 aliphatic carbocycles. The van der Waals surface area contributed by atoms with Crippen molar-refractivity contribution in [2.75, 3.05) is 0 Å². The minimum absolute atomic E-state index is 0. The van der Waals surface area contributed by atoms with E-state index in [1.165, 1.54) is 0 Å². The Labute approximate surface area is 49.3 Å². The van der Waals surface area contributed by atoms with Crippen LogP contribution in [0.2, 0.25) is 0 Å². The zero-order chi connectivity index (χ0) is 2.00. The van der Waals surface area contributed by atoms with Crippen LogP contribution in [-0.2, 0) is 20.1 Å². The number of hydrogen-bond donors (Lipinski definition) is 0. The second-order valence-electron chi connectivity index (χ2n) is 0. The van der Waals surface area contributed by atoms with Crippen LogP contribution >= 0.6 is 0 Å². The minimum atomic E-state index is 0. The van der Waals surface area contributed by atoms with Crippen molar-refractivity contribution in [3.63, 3.8) is 0 Å². The van der Waals surface area contributed by atoms with Crippen LogP contribution in [0.15, 0.2) is 0 Å². The van der Waals surface area contributed by atoms with Gasteiger partial charge in [-0.15, -0.1) is 0 Å². The van der Waals surface area contributed by atoms with Gasteiger partial charge in [0.15, 0.2) is 0 Å². The first kappa shape index (κ1) is 44.9. The second kappa shape index (κ2) is 147. The third-order valence-corrected chi connectivity index (χ3v) is 0. The van der Waals surface area contributed by atoms with Gasteiger partial charge in [-0.2, -0.15) is 6.92 Å². The zero-order valence-corrected chi connectivity index (χ0v) is 6.44. The van der Waals surface area contributed by atoms with Crippen LogP contribution in [0.25, 0.3) is 0 Å². The third kappa shape index (κ3) is 77.4. The Kier molecular flexibility index (Phi) is 1320. The molecule has 0 N–H and O–H groups in total. The quantitative estimate of drug-likeness (QED) is 0.575. The Morgan fingerprint density at radius 3 is 1.00 bits per heavy atom. The van der Waals surface area contributed by atoms with Crippen molar-refractivity contribution >= 4 is 0 Å². The Bertz CT molecular complexity index is 3.61. The molecule has 0 spiro atoms. The van der Waals surface area contributed by atoms with E-state index in [0.29, 0.717) is 0 Å². The van der Waals surface area contributed by atoms with Crippen LogP contribution in [0.1, 0.15) is 6.92 Å². The van der Waals surface area contributed by atoms with Gasteiger partial charge >= 0.3 is 20.1 Å². The minimum Gasteiger partial charge on any atom is -0.358 e. The van der Waals surface area contributed by atoms with Crippen molar-refractivity contribution in [3.05, 3.63) is 21.8 Å². The summed E-state index contributed by atoms with van der Waals surface area (Å²) in [4.78, 5) is 0. The summed E-state index contributed by atoms with van der Waals surface area (Å²) in [5.74, 6) is 0. The molecule has 0 aromatic carbocycles. The van der Waals surface area contributed by atoms with E-state index >= 15 is 0 Å². The first-order valence-corrected chi connectivity index (χ1v) is 0.707. The summed E-state index contributed by atoms with van der Waals surface area (Å²) in [5, 5.41) is 0. The Balaban J connectivity index is -0.00000000167. The average molecular weight is 251 g/mol. The van der Waals surface area contributed by atoms with Crippen molar-refractivity contribution in [1.29, 1.82) is 0 Å². The van der Waals surface area contributed by atoms with Gasteiger partial charge in [0.2, 0.25) is 0 Å². The number of rotatable bonds is 0. The van der Waals surface area contributed by atoms with Crippen molar-refractivity contribution in [2.45, 2.75) is 6.92 Å². The van der Waals surface area contributed by atoms with E-state index in [2.05, 4.69) is 6.92 Å². The average Bonchev–Trinajstić information content (AvgIpc) is 1.00. The predicted octanol–water partition coefficient (Wildman–Crippen LogP) is 1.74. The van der Waals surface area contributed by atoms with Gasteiger partial charge in [0, 0.05) is 0 Å². The van der Waals surface area contributed by atoms with Gasteiger partial charge in [0.05, 0.1) is 0 Å². The van der Waals surface area contributed by atoms with E-state index in [-0.39, 0.29) is 35.0 Å². The van der Waals surface area contributed by atoms with E-state index in [1.807, 2.05) is 0 Å². The van der Waals surface area contributed by atoms with Crippen molar-refractivity contribution in [3.8, 4) is 0 Å². The summed E-state index contributed by atoms with van der Waals surface area (Å²) >= 11 is 0. The molecule has 0 fully saturated rings. The van der Waals surface area contributed by atoms with Crippen LogP contribution in [0.3, 0.4) is 0 Å². The molecule has 0 aliphatic rings. The maximum absolute atomic E-state index is 3.25. The van der Waals surface area contributed by atoms with Gasteiger partial charge < -0.3 is 21.8 Å². The second-order valence-corrected chi connectivity index (χ2v) is 0. The summed E-state index contributed by atoms with van der Waals surface area (Å²) in [6.07, 6.45) is 0. The molecule has 0 nitrogen and oxygen atoms in total. The molecule has 0 amide bonds. The summed E-state index contributed by atoms with van der Waals surface area (Å²) in [6.45, 7) is 5.00. The molecule has 0 rings (SSSR count). The molecule has 1 heteroatoms. The third-order valence-electron chi connectivity index (χ3n) is 0. The van der Waals surface area contributed by atoms with E-state index in [4.69, 9.17) is 0 Å². The molecule has 0 saturated heterocycles. The maximum Gasteiger partial charge on any atom is 3.00 e. The molecule has 0 atom stereocenters. The van der Waals surface area contributed by atoms with Crippen molar-refractivity contribution in [1.82, 2.24) is 0 Å². The van der Waals surface area contributed by atoms with Gasteiger partial charge in [-0.3, -0.25) is 0 Å². The SMILES string of the molecule is [CH2-]C.[CH3-].[CH3-].[Ir+3]. The standard InChI is InChI=1S/C2H5.2CH3.Ir/c1-2;;;/h1H2,2H3;2*1H3;/q3*-1;+3. The molecular formula is C4H11Ir. The van der Waals surface area contributed by atoms with E-state index < -0.39 is 0 Å². The van der Waals surface area contributed by atoms with Crippen molar-refractivity contribution < 1.29 is 20.1 Å². The fourth-order valence-corrected chi connectivity index (χ4v) is 0. The van der Waals surface area contributed by atoms with E-state index in [9.17, 15) is 0 Å². The summed E-state index contributed by atoms with van der Waals surface area (Å²) in [5.41, 5.74) is 0. The smallest absolute Gasteiger partial charge is 0.358 e. The normalized spacial score (nSPS) is 1.20. The van der Waals surface area contributed by atoms with Gasteiger partial charge in [-0.1, -0.05) is 0 Å². The van der Waals surface area contributed by atoms with Gasteiger partial charge in [-0.25, -0.2) is 0 Å². The topological polar surface area (TPSA) is 0 Å². The molecule has 0 radical (unpaired) electrons. The van der Waals surface area contributed by atoms with Gasteiger partial charge in [0.1, 0.15) is 0 Å². The van der Waals surface area contributed by atoms with Gasteiger partial charge in [0.25, 0.3) is 0 Å². The Morgan fingerprint density at radius 2 is 1.00 bits per heavy atom. The molecule has 0 saturated carbocycles. The van der Waals surface area contributed by atoms with E-state index in [1.54, 1.807) is 6.92 Å². The van der Waals surface area contributed by atoms with Crippen molar-refractivity contribution in [2.24, 2.45) is 0 Å². The van der Waals surface area contributed by atoms with Crippen LogP contribution in [0.5, 0.6) is 0 Å². The van der Waals surface area contributed by atoms with Crippen LogP contribution < -0.4 is 0 Å². The molecule has 0 unspecified atom stereocenters. The van der Waals surface area contributed by atoms with Crippen LogP contribution in [0, 0.1) is 21.8 Å². The molecule has 5 heavy (non-hydrogen) atoms. The Morgan fingerprint density at radius 1 is 1.00 bits per heavy atom. The fourth-order valence-electron chi connectivity index (χ4n) is 0. The molecule has 0 heterocycles. The van der Waals surface area contributed by atoms with Crippen LogP contribution in [0.4, 0.5) is 0 Å². The summed E-state index contributed by atoms with van der Waals surface area (Å²) < 4.78 is 0. The van der Waals surface area contributed by atoms with Gasteiger partial charge in [-0.05, 0) is 0 Å². The first-order valence-electron chi connectivity index (χ1n) is 0.707. The fraction of sp³-hybridized carbons (Fsp3) is 0.250. The van der Waals surface area contributed by atoms with Crippen LogP contribution in [-0.4, -0.2) is 0 Å². The summed E-state index contributed by atoms with van der Waals surface area (Å²) in [6, 6.07) is 0. The van der Waals surface area contributed by atoms with E-state index in [0.717, 1.165) is 0 Å². The predicted molar refractivity (Wildman–Crippen MR) is 23.9 cm³/mol. The maximum atomic E-state index is 3.25. The first-order chi connectivity index (χ1) is 1.00. The Hall–Kier alpha value is 0.649. The molecule has 0 bridgehead atoms. The molecular weight excluding hydrogens is 240 g/mol. The summed E-state index contributed by atoms with van der Waals surface area (Å²) in [7, 11) is 0. The molecule has 0 aromatic heterocycles. The largest absolute Gasteiger partial charge is 3.00 e. The molecule has 0 aromatic rings. The molecule has 0 aliphatic heterocycles. The number of hydrogen-bond acceptors (Lipinski definition) is 0. The molecule has 36 valence electrons. The monoisotopic (exact) mass is 252 g/mol. The zero-order valence-electron chi connectivity index (χ0n) is 4.04.